The van der Waals surface area contributed by atoms with Crippen LogP contribution in [0.2, 0.25) is 10.2 Å². The van der Waals surface area contributed by atoms with E-state index in [0.717, 1.165) is 24.2 Å². The van der Waals surface area contributed by atoms with Crippen molar-refractivity contribution >= 4 is 23.2 Å². The van der Waals surface area contributed by atoms with Crippen LogP contribution in [0.4, 0.5) is 0 Å². The van der Waals surface area contributed by atoms with Gasteiger partial charge in [-0.15, -0.1) is 0 Å². The van der Waals surface area contributed by atoms with Crippen LogP contribution >= 0.6 is 23.2 Å². The highest BCUT2D eigenvalue weighted by molar-refractivity contribution is 6.30. The second kappa shape index (κ2) is 5.02. The number of aryl methyl sites for hydroxylation is 1. The molecule has 0 saturated carbocycles. The number of rotatable bonds is 3. The van der Waals surface area contributed by atoms with Gasteiger partial charge in [-0.05, 0) is 13.3 Å². The quantitative estimate of drug-likeness (QED) is 0.805. The molecule has 0 atom stereocenters. The number of aromatic nitrogens is 4. The first kappa shape index (κ1) is 12.3. The average Bonchev–Trinajstić information content (AvgIpc) is 2.70. The fraction of sp³-hybridized carbons (Fsp3) is 0.364. The molecule has 0 saturated heterocycles. The van der Waals surface area contributed by atoms with Crippen LogP contribution in [0.15, 0.2) is 12.4 Å². The highest BCUT2D eigenvalue weighted by Crippen LogP contribution is 2.20. The first-order chi connectivity index (χ1) is 8.11. The van der Waals surface area contributed by atoms with Crippen LogP contribution in [-0.2, 0) is 6.42 Å². The molecule has 0 aromatic carbocycles. The van der Waals surface area contributed by atoms with Gasteiger partial charge in [-0.1, -0.05) is 30.1 Å². The molecule has 6 heteroatoms. The molecule has 17 heavy (non-hydrogen) atoms. The molecule has 2 heterocycles. The molecular weight excluding hydrogens is 259 g/mol. The van der Waals surface area contributed by atoms with E-state index >= 15 is 0 Å². The van der Waals surface area contributed by atoms with Gasteiger partial charge in [-0.2, -0.15) is 5.10 Å². The Bertz CT molecular complexity index is 536. The normalized spacial score (nSPS) is 10.8. The van der Waals surface area contributed by atoms with E-state index in [1.165, 1.54) is 0 Å². The summed E-state index contributed by atoms with van der Waals surface area (Å²) in [6, 6.07) is 0. The van der Waals surface area contributed by atoms with Crippen molar-refractivity contribution in [2.45, 2.75) is 26.7 Å². The van der Waals surface area contributed by atoms with Crippen molar-refractivity contribution in [1.29, 1.82) is 0 Å². The molecule has 0 aliphatic carbocycles. The van der Waals surface area contributed by atoms with Gasteiger partial charge in [-0.25, -0.2) is 14.6 Å². The van der Waals surface area contributed by atoms with Gasteiger partial charge in [-0.3, -0.25) is 0 Å². The van der Waals surface area contributed by atoms with Crippen molar-refractivity contribution in [2.24, 2.45) is 0 Å². The van der Waals surface area contributed by atoms with Gasteiger partial charge in [0.2, 0.25) is 0 Å². The first-order valence-corrected chi connectivity index (χ1v) is 6.11. The van der Waals surface area contributed by atoms with Crippen LogP contribution < -0.4 is 0 Å². The van der Waals surface area contributed by atoms with Crippen molar-refractivity contribution in [2.75, 3.05) is 0 Å². The summed E-state index contributed by atoms with van der Waals surface area (Å²) in [4.78, 5) is 8.69. The van der Waals surface area contributed by atoms with E-state index in [9.17, 15) is 0 Å². The van der Waals surface area contributed by atoms with Gasteiger partial charge in [0.25, 0.3) is 0 Å². The molecule has 4 nitrogen and oxygen atoms in total. The zero-order valence-corrected chi connectivity index (χ0v) is 11.1. The van der Waals surface area contributed by atoms with E-state index < -0.39 is 0 Å². The maximum absolute atomic E-state index is 6.09. The minimum atomic E-state index is 0.463. The second-order valence-corrected chi connectivity index (χ2v) is 4.53. The third-order valence-corrected chi connectivity index (χ3v) is 2.91. The fourth-order valence-corrected chi connectivity index (χ4v) is 1.81. The Morgan fingerprint density at radius 1 is 1.29 bits per heavy atom. The van der Waals surface area contributed by atoms with Gasteiger partial charge in [0, 0.05) is 12.0 Å². The van der Waals surface area contributed by atoms with E-state index in [4.69, 9.17) is 23.2 Å². The summed E-state index contributed by atoms with van der Waals surface area (Å²) >= 11 is 11.9. The average molecular weight is 271 g/mol. The molecule has 0 amide bonds. The summed E-state index contributed by atoms with van der Waals surface area (Å²) in [6.45, 7) is 3.94. The molecule has 0 spiro atoms. The molecule has 0 N–H and O–H groups in total. The van der Waals surface area contributed by atoms with Crippen LogP contribution in [-0.4, -0.2) is 19.7 Å². The van der Waals surface area contributed by atoms with Crippen LogP contribution in [0.5, 0.6) is 0 Å². The lowest BCUT2D eigenvalue weighted by Crippen LogP contribution is -2.06. The van der Waals surface area contributed by atoms with Crippen LogP contribution in [0.3, 0.4) is 0 Å². The molecule has 0 radical (unpaired) electrons. The van der Waals surface area contributed by atoms with E-state index in [1.807, 2.05) is 6.92 Å². The van der Waals surface area contributed by atoms with Gasteiger partial charge in [0.05, 0.1) is 17.4 Å². The molecular formula is C11H12Cl2N4. The number of hydrogen-bond acceptors (Lipinski definition) is 3. The Morgan fingerprint density at radius 2 is 2.06 bits per heavy atom. The fourth-order valence-electron chi connectivity index (χ4n) is 1.50. The highest BCUT2D eigenvalue weighted by atomic mass is 35.5. The number of hydrogen-bond donors (Lipinski definition) is 0. The molecule has 0 aliphatic heterocycles. The van der Waals surface area contributed by atoms with Crippen LogP contribution in [0, 0.1) is 6.92 Å². The van der Waals surface area contributed by atoms with Gasteiger partial charge in [0.1, 0.15) is 11.0 Å². The first-order valence-electron chi connectivity index (χ1n) is 5.35. The van der Waals surface area contributed by atoms with E-state index in [-0.39, 0.29) is 0 Å². The monoisotopic (exact) mass is 270 g/mol. The van der Waals surface area contributed by atoms with Gasteiger partial charge < -0.3 is 0 Å². The van der Waals surface area contributed by atoms with Crippen LogP contribution in [0.25, 0.3) is 5.82 Å². The molecule has 90 valence electrons. The molecule has 2 aromatic rings. The number of halogens is 2. The molecule has 2 aromatic heterocycles. The van der Waals surface area contributed by atoms with Crippen LogP contribution in [0.1, 0.15) is 24.7 Å². The SMILES string of the molecule is CCCc1nc(Cl)c(C)c(-n2cc(Cl)cn2)n1. The summed E-state index contributed by atoms with van der Waals surface area (Å²) in [5.74, 6) is 1.41. The minimum Gasteiger partial charge on any atom is -0.221 e. The third-order valence-electron chi connectivity index (χ3n) is 2.35. The highest BCUT2D eigenvalue weighted by Gasteiger charge is 2.11. The standard InChI is InChI=1S/C11H12Cl2N4/c1-3-4-9-15-10(13)7(2)11(16-9)17-6-8(12)5-14-17/h5-6H,3-4H2,1-2H3. The summed E-state index contributed by atoms with van der Waals surface area (Å²) in [7, 11) is 0. The lowest BCUT2D eigenvalue weighted by atomic mass is 10.3. The van der Waals surface area contributed by atoms with Crippen molar-refractivity contribution in [1.82, 2.24) is 19.7 Å². The zero-order chi connectivity index (χ0) is 12.4. The Balaban J connectivity index is 2.52. The predicted octanol–water partition coefficient (Wildman–Crippen LogP) is 3.23. The summed E-state index contributed by atoms with van der Waals surface area (Å²) in [6.07, 6.45) is 5.03. The minimum absolute atomic E-state index is 0.463. The number of nitrogens with zero attached hydrogens (tertiary/aromatic N) is 4. The van der Waals surface area contributed by atoms with E-state index in [0.29, 0.717) is 16.0 Å². The van der Waals surface area contributed by atoms with E-state index in [1.54, 1.807) is 17.1 Å². The summed E-state index contributed by atoms with van der Waals surface area (Å²) in [5.41, 5.74) is 0.797. The zero-order valence-electron chi connectivity index (χ0n) is 9.61. The third kappa shape index (κ3) is 2.58. The largest absolute Gasteiger partial charge is 0.221 e. The molecule has 0 bridgehead atoms. The Labute approximate surface area is 110 Å². The summed E-state index contributed by atoms with van der Waals surface area (Å²) in [5, 5.41) is 5.15. The molecule has 0 aliphatic rings. The Kier molecular flexibility index (Phi) is 3.64. The van der Waals surface area contributed by atoms with Crippen molar-refractivity contribution < 1.29 is 0 Å². The lowest BCUT2D eigenvalue weighted by molar-refractivity contribution is 0.777. The predicted molar refractivity (Wildman–Crippen MR) is 67.9 cm³/mol. The molecule has 0 fully saturated rings. The smallest absolute Gasteiger partial charge is 0.161 e. The topological polar surface area (TPSA) is 43.6 Å². The van der Waals surface area contributed by atoms with Crippen molar-refractivity contribution in [3.8, 4) is 5.82 Å². The van der Waals surface area contributed by atoms with Crippen molar-refractivity contribution in [3.63, 3.8) is 0 Å². The second-order valence-electron chi connectivity index (χ2n) is 3.73. The maximum atomic E-state index is 6.09. The Morgan fingerprint density at radius 3 is 2.65 bits per heavy atom. The summed E-state index contributed by atoms with van der Waals surface area (Å²) < 4.78 is 1.62. The van der Waals surface area contributed by atoms with Gasteiger partial charge >= 0.3 is 0 Å². The maximum Gasteiger partial charge on any atom is 0.161 e. The van der Waals surface area contributed by atoms with Crippen molar-refractivity contribution in [3.05, 3.63) is 34.0 Å². The Hall–Kier alpha value is -1.13. The van der Waals surface area contributed by atoms with Gasteiger partial charge in [0.15, 0.2) is 5.82 Å². The molecule has 2 rings (SSSR count). The molecule has 0 unspecified atom stereocenters. The van der Waals surface area contributed by atoms with E-state index in [2.05, 4.69) is 22.0 Å². The lowest BCUT2D eigenvalue weighted by Gasteiger charge is -2.08.